The van der Waals surface area contributed by atoms with Gasteiger partial charge in [0.25, 0.3) is 0 Å². The minimum absolute atomic E-state index is 0.106. The first-order chi connectivity index (χ1) is 9.95. The van der Waals surface area contributed by atoms with Gasteiger partial charge in [0.1, 0.15) is 0 Å². The second kappa shape index (κ2) is 7.13. The Balaban J connectivity index is 1.89. The number of carboxylic acid groups (broad SMARTS) is 1. The van der Waals surface area contributed by atoms with Crippen LogP contribution in [-0.2, 0) is 4.79 Å². The molecule has 1 aromatic carbocycles. The van der Waals surface area contributed by atoms with Crippen molar-refractivity contribution in [2.45, 2.75) is 31.7 Å². The lowest BCUT2D eigenvalue weighted by molar-refractivity contribution is -0.143. The molecule has 1 aliphatic rings. The summed E-state index contributed by atoms with van der Waals surface area (Å²) in [5, 5.41) is 15.1. The Morgan fingerprint density at radius 2 is 2.10 bits per heavy atom. The Bertz CT molecular complexity index is 553. The van der Waals surface area contributed by atoms with Gasteiger partial charge in [0.2, 0.25) is 0 Å². The van der Waals surface area contributed by atoms with Gasteiger partial charge in [0.15, 0.2) is 0 Å². The third kappa shape index (κ3) is 4.61. The molecule has 114 valence electrons. The van der Waals surface area contributed by atoms with Crippen LogP contribution in [0.3, 0.4) is 0 Å². The highest BCUT2D eigenvalue weighted by atomic mass is 79.9. The summed E-state index contributed by atoms with van der Waals surface area (Å²) in [6.45, 7) is 0. The summed E-state index contributed by atoms with van der Waals surface area (Å²) < 4.78 is 0.756. The number of anilines is 1. The molecule has 5 nitrogen and oxygen atoms in total. The van der Waals surface area contributed by atoms with Crippen molar-refractivity contribution in [3.63, 3.8) is 0 Å². The first-order valence-corrected chi connectivity index (χ1v) is 7.88. The number of urea groups is 1. The van der Waals surface area contributed by atoms with Crippen LogP contribution in [0.1, 0.15) is 25.7 Å². The molecule has 0 bridgehead atoms. The van der Waals surface area contributed by atoms with Crippen LogP contribution in [0, 0.1) is 5.92 Å². The monoisotopic (exact) mass is 374 g/mol. The number of aliphatic carboxylic acids is 1. The molecule has 1 aliphatic carbocycles. The van der Waals surface area contributed by atoms with Gasteiger partial charge < -0.3 is 15.7 Å². The van der Waals surface area contributed by atoms with E-state index in [1.165, 1.54) is 0 Å². The highest BCUT2D eigenvalue weighted by Gasteiger charge is 2.27. The summed E-state index contributed by atoms with van der Waals surface area (Å²) in [7, 11) is 0. The minimum atomic E-state index is -0.790. The molecule has 1 aromatic rings. The van der Waals surface area contributed by atoms with Gasteiger partial charge in [-0.15, -0.1) is 0 Å². The fraction of sp³-hybridized carbons (Fsp3) is 0.429. The van der Waals surface area contributed by atoms with Crippen molar-refractivity contribution in [1.82, 2.24) is 5.32 Å². The van der Waals surface area contributed by atoms with Gasteiger partial charge in [0.05, 0.1) is 10.9 Å². The maximum atomic E-state index is 11.9. The zero-order chi connectivity index (χ0) is 15.4. The van der Waals surface area contributed by atoms with E-state index in [0.717, 1.165) is 17.3 Å². The number of benzene rings is 1. The van der Waals surface area contributed by atoms with Crippen LogP contribution < -0.4 is 10.6 Å². The summed E-state index contributed by atoms with van der Waals surface area (Å²) in [4.78, 5) is 22.9. The Kier molecular flexibility index (Phi) is 5.47. The summed E-state index contributed by atoms with van der Waals surface area (Å²) in [5.74, 6) is -1.16. The lowest BCUT2D eigenvalue weighted by atomic mass is 9.86. The molecule has 0 heterocycles. The average Bonchev–Trinajstić information content (AvgIpc) is 2.43. The van der Waals surface area contributed by atoms with Crippen LogP contribution in [0.4, 0.5) is 10.5 Å². The molecule has 2 amide bonds. The van der Waals surface area contributed by atoms with E-state index < -0.39 is 5.97 Å². The molecule has 2 atom stereocenters. The number of hydrogen-bond donors (Lipinski definition) is 3. The molecular formula is C14H16BrClN2O3. The van der Waals surface area contributed by atoms with Crippen LogP contribution in [0.2, 0.25) is 5.02 Å². The normalized spacial score (nSPS) is 21.6. The Morgan fingerprint density at radius 3 is 2.76 bits per heavy atom. The fourth-order valence-corrected chi connectivity index (χ4v) is 2.90. The zero-order valence-electron chi connectivity index (χ0n) is 11.2. The predicted octanol–water partition coefficient (Wildman–Crippen LogP) is 3.87. The van der Waals surface area contributed by atoms with E-state index >= 15 is 0 Å². The van der Waals surface area contributed by atoms with Gasteiger partial charge in [-0.25, -0.2) is 4.79 Å². The van der Waals surface area contributed by atoms with E-state index in [2.05, 4.69) is 26.6 Å². The minimum Gasteiger partial charge on any atom is -0.481 e. The van der Waals surface area contributed by atoms with Crippen LogP contribution in [0.5, 0.6) is 0 Å². The number of rotatable bonds is 3. The molecule has 1 saturated carbocycles. The van der Waals surface area contributed by atoms with Crippen molar-refractivity contribution < 1.29 is 14.7 Å². The van der Waals surface area contributed by atoms with Gasteiger partial charge in [-0.1, -0.05) is 18.0 Å². The van der Waals surface area contributed by atoms with Crippen molar-refractivity contribution >= 4 is 45.2 Å². The predicted molar refractivity (Wildman–Crippen MR) is 84.7 cm³/mol. The molecule has 0 spiro atoms. The summed E-state index contributed by atoms with van der Waals surface area (Å²) in [6.07, 6.45) is 2.77. The van der Waals surface area contributed by atoms with Gasteiger partial charge in [-0.2, -0.15) is 0 Å². The van der Waals surface area contributed by atoms with E-state index in [1.54, 1.807) is 18.2 Å². The standard InChI is InChI=1S/C14H16BrClN2O3/c15-11-5-4-10(7-12(11)16)18-14(21)17-9-3-1-2-8(6-9)13(19)20/h4-5,7-9H,1-3,6H2,(H,19,20)(H2,17,18,21). The lowest BCUT2D eigenvalue weighted by Crippen LogP contribution is -2.42. The van der Waals surface area contributed by atoms with Gasteiger partial charge in [0, 0.05) is 16.2 Å². The average molecular weight is 376 g/mol. The summed E-state index contributed by atoms with van der Waals surface area (Å²) in [6, 6.07) is 4.68. The maximum Gasteiger partial charge on any atom is 0.319 e. The quantitative estimate of drug-likeness (QED) is 0.750. The first kappa shape index (κ1) is 16.1. The molecule has 21 heavy (non-hydrogen) atoms. The van der Waals surface area contributed by atoms with Crippen molar-refractivity contribution in [3.8, 4) is 0 Å². The van der Waals surface area contributed by atoms with Crippen LogP contribution in [0.15, 0.2) is 22.7 Å². The third-order valence-electron chi connectivity index (χ3n) is 3.54. The maximum absolute atomic E-state index is 11.9. The smallest absolute Gasteiger partial charge is 0.319 e. The van der Waals surface area contributed by atoms with Crippen LogP contribution >= 0.6 is 27.5 Å². The number of carbonyl (C=O) groups is 2. The largest absolute Gasteiger partial charge is 0.481 e. The van der Waals surface area contributed by atoms with E-state index in [1.807, 2.05) is 0 Å². The van der Waals surface area contributed by atoms with E-state index in [4.69, 9.17) is 16.7 Å². The van der Waals surface area contributed by atoms with Crippen molar-refractivity contribution in [2.24, 2.45) is 5.92 Å². The molecule has 0 saturated heterocycles. The summed E-state index contributed by atoms with van der Waals surface area (Å²) >= 11 is 9.24. The van der Waals surface area contributed by atoms with Gasteiger partial charge in [-0.05, 0) is 53.4 Å². The number of hydrogen-bond acceptors (Lipinski definition) is 2. The van der Waals surface area contributed by atoms with Crippen molar-refractivity contribution in [3.05, 3.63) is 27.7 Å². The molecule has 1 fully saturated rings. The van der Waals surface area contributed by atoms with E-state index in [-0.39, 0.29) is 18.0 Å². The number of carboxylic acids is 1. The number of amides is 2. The molecule has 2 rings (SSSR count). The van der Waals surface area contributed by atoms with Gasteiger partial charge in [-0.3, -0.25) is 4.79 Å². The molecular weight excluding hydrogens is 360 g/mol. The van der Waals surface area contributed by atoms with Crippen molar-refractivity contribution in [2.75, 3.05) is 5.32 Å². The fourth-order valence-electron chi connectivity index (χ4n) is 2.47. The molecule has 0 aromatic heterocycles. The summed E-state index contributed by atoms with van der Waals surface area (Å²) in [5.41, 5.74) is 0.589. The molecule has 0 aliphatic heterocycles. The Hall–Kier alpha value is -1.27. The second-order valence-corrected chi connectivity index (χ2v) is 6.39. The van der Waals surface area contributed by atoms with Crippen LogP contribution in [0.25, 0.3) is 0 Å². The van der Waals surface area contributed by atoms with Crippen LogP contribution in [-0.4, -0.2) is 23.1 Å². The molecule has 0 radical (unpaired) electrons. The highest BCUT2D eigenvalue weighted by molar-refractivity contribution is 9.10. The first-order valence-electron chi connectivity index (χ1n) is 6.71. The highest BCUT2D eigenvalue weighted by Crippen LogP contribution is 2.26. The van der Waals surface area contributed by atoms with E-state index in [0.29, 0.717) is 23.6 Å². The zero-order valence-corrected chi connectivity index (χ0v) is 13.6. The molecule has 7 heteroatoms. The number of halogens is 2. The SMILES string of the molecule is O=C(Nc1ccc(Br)c(Cl)c1)NC1CCCC(C(=O)O)C1. The number of carbonyl (C=O) groups excluding carboxylic acids is 1. The molecule has 2 unspecified atom stereocenters. The van der Waals surface area contributed by atoms with Gasteiger partial charge >= 0.3 is 12.0 Å². The second-order valence-electron chi connectivity index (χ2n) is 5.13. The van der Waals surface area contributed by atoms with Crippen molar-refractivity contribution in [1.29, 1.82) is 0 Å². The topological polar surface area (TPSA) is 78.4 Å². The Morgan fingerprint density at radius 1 is 1.33 bits per heavy atom. The third-order valence-corrected chi connectivity index (χ3v) is 4.77. The van der Waals surface area contributed by atoms with E-state index in [9.17, 15) is 9.59 Å². The lowest BCUT2D eigenvalue weighted by Gasteiger charge is -2.27. The Labute approximate surface area is 136 Å². The number of nitrogens with one attached hydrogen (secondary N) is 2. The molecule has 3 N–H and O–H groups in total.